The van der Waals surface area contributed by atoms with Crippen molar-refractivity contribution in [1.82, 2.24) is 14.7 Å². The molecule has 0 aliphatic rings. The Labute approximate surface area is 193 Å². The first-order chi connectivity index (χ1) is 14.0. The van der Waals surface area contributed by atoms with E-state index in [2.05, 4.69) is 14.7 Å². The van der Waals surface area contributed by atoms with Crippen LogP contribution in [0.1, 0.15) is 55.4 Å². The van der Waals surface area contributed by atoms with Gasteiger partial charge in [-0.2, -0.15) is 0 Å². The number of nitrogens with one attached hydrogen (secondary N) is 1. The molecule has 2 N–H and O–H groups in total. The molecule has 0 saturated heterocycles. The van der Waals surface area contributed by atoms with Crippen LogP contribution in [0.5, 0.6) is 0 Å². The molecular formula is C21H23Cl2N3O2S2. The fourth-order valence-corrected chi connectivity index (χ4v) is 5.16. The van der Waals surface area contributed by atoms with Gasteiger partial charge in [-0.25, -0.2) is 9.97 Å². The van der Waals surface area contributed by atoms with Crippen LogP contribution in [0, 0.1) is 0 Å². The quantitative estimate of drug-likeness (QED) is 0.369. The molecule has 2 aromatic heterocycles. The normalized spacial score (nSPS) is 16.1. The summed E-state index contributed by atoms with van der Waals surface area (Å²) < 4.78 is 15.8. The molecule has 0 spiro atoms. The molecular weight excluding hydrogens is 461 g/mol. The summed E-state index contributed by atoms with van der Waals surface area (Å²) >= 11 is 12.4. The first-order valence-corrected chi connectivity index (χ1v) is 12.0. The highest BCUT2D eigenvalue weighted by Crippen LogP contribution is 2.38. The number of hydrogen-bond donors (Lipinski definition) is 2. The van der Waals surface area contributed by atoms with Crippen LogP contribution in [0.25, 0.3) is 0 Å². The highest BCUT2D eigenvalue weighted by atomic mass is 35.5. The van der Waals surface area contributed by atoms with E-state index in [0.717, 1.165) is 11.1 Å². The Hall–Kier alpha value is -1.19. The molecule has 0 aliphatic carbocycles. The molecule has 9 heteroatoms. The summed E-state index contributed by atoms with van der Waals surface area (Å²) in [6.07, 6.45) is 1.87. The van der Waals surface area contributed by atoms with Crippen molar-refractivity contribution in [2.75, 3.05) is 0 Å². The smallest absolute Gasteiger partial charge is 0.138 e. The lowest BCUT2D eigenvalue weighted by Crippen LogP contribution is -2.50. The van der Waals surface area contributed by atoms with E-state index in [1.807, 2.05) is 57.3 Å². The van der Waals surface area contributed by atoms with Gasteiger partial charge in [0.25, 0.3) is 0 Å². The van der Waals surface area contributed by atoms with Gasteiger partial charge in [0.05, 0.1) is 0 Å². The van der Waals surface area contributed by atoms with E-state index in [-0.39, 0.29) is 5.15 Å². The number of aromatic nitrogens is 2. The standard InChI is InChI=1S/C21H23Cl2N3O2S2/c1-20(2,3)30(28)26-21(4,13-6-5-7-15(22)8-13)14-9-17(29-11-14)18(27)16-10-24-12-25-19(16)23/h5-12,18,26-27H,1-4H3/t18-,21?,30?/m1/s1. The van der Waals surface area contributed by atoms with Crippen LogP contribution in [-0.2, 0) is 16.9 Å². The molecule has 0 bridgehead atoms. The third-order valence-electron chi connectivity index (χ3n) is 4.71. The first-order valence-electron chi connectivity index (χ1n) is 9.20. The molecule has 3 atom stereocenters. The number of halogens is 2. The van der Waals surface area contributed by atoms with Crippen LogP contribution in [0.2, 0.25) is 10.2 Å². The highest BCUT2D eigenvalue weighted by Gasteiger charge is 2.39. The number of benzene rings is 1. The van der Waals surface area contributed by atoms with Gasteiger partial charge in [-0.15, -0.1) is 16.1 Å². The van der Waals surface area contributed by atoms with E-state index >= 15 is 0 Å². The van der Waals surface area contributed by atoms with Crippen LogP contribution in [0.4, 0.5) is 0 Å². The minimum atomic E-state index is -1.35. The SMILES string of the molecule is CC(N[S+]([O-])C(C)(C)C)(c1cccc(Cl)c1)c1csc([C@H](O)c2cncnc2Cl)c1. The summed E-state index contributed by atoms with van der Waals surface area (Å²) in [6, 6.07) is 9.33. The molecule has 2 unspecified atom stereocenters. The van der Waals surface area contributed by atoms with Crippen molar-refractivity contribution in [3.8, 4) is 0 Å². The van der Waals surface area contributed by atoms with Crippen LogP contribution in [-0.4, -0.2) is 24.4 Å². The van der Waals surface area contributed by atoms with Crippen molar-refractivity contribution in [3.63, 3.8) is 0 Å². The molecule has 0 amide bonds. The largest absolute Gasteiger partial charge is 0.598 e. The van der Waals surface area contributed by atoms with Gasteiger partial charge in [0.1, 0.15) is 27.9 Å². The predicted octanol–water partition coefficient (Wildman–Crippen LogP) is 5.24. The Morgan fingerprint density at radius 3 is 2.53 bits per heavy atom. The van der Waals surface area contributed by atoms with E-state index in [0.29, 0.717) is 15.5 Å². The summed E-state index contributed by atoms with van der Waals surface area (Å²) in [4.78, 5) is 8.57. The second kappa shape index (κ2) is 9.12. The van der Waals surface area contributed by atoms with Gasteiger partial charge in [-0.1, -0.05) is 35.3 Å². The zero-order valence-corrected chi connectivity index (χ0v) is 20.2. The second-order valence-electron chi connectivity index (χ2n) is 8.03. The molecule has 0 fully saturated rings. The van der Waals surface area contributed by atoms with Crippen molar-refractivity contribution in [2.45, 2.75) is 44.1 Å². The van der Waals surface area contributed by atoms with E-state index in [1.165, 1.54) is 23.9 Å². The fraction of sp³-hybridized carbons (Fsp3) is 0.333. The van der Waals surface area contributed by atoms with Gasteiger partial charge in [0.2, 0.25) is 0 Å². The molecule has 3 aromatic rings. The number of nitrogens with zero attached hydrogens (tertiary/aromatic N) is 2. The topological polar surface area (TPSA) is 81.1 Å². The van der Waals surface area contributed by atoms with Gasteiger partial charge < -0.3 is 9.66 Å². The fourth-order valence-electron chi connectivity index (χ4n) is 2.84. The lowest BCUT2D eigenvalue weighted by Gasteiger charge is -2.35. The first kappa shape index (κ1) is 23.5. The zero-order valence-electron chi connectivity index (χ0n) is 17.0. The van der Waals surface area contributed by atoms with E-state index in [9.17, 15) is 9.66 Å². The maximum absolute atomic E-state index is 13.0. The second-order valence-corrected chi connectivity index (χ2v) is 11.7. The summed E-state index contributed by atoms with van der Waals surface area (Å²) in [6.45, 7) is 7.69. The molecule has 1 aromatic carbocycles. The van der Waals surface area contributed by atoms with Crippen molar-refractivity contribution < 1.29 is 9.66 Å². The Balaban J connectivity index is 2.04. The molecule has 160 valence electrons. The number of aliphatic hydroxyl groups is 1. The van der Waals surface area contributed by atoms with Crippen LogP contribution < -0.4 is 4.72 Å². The van der Waals surface area contributed by atoms with Crippen molar-refractivity contribution in [2.24, 2.45) is 0 Å². The zero-order chi connectivity index (χ0) is 22.1. The van der Waals surface area contributed by atoms with E-state index < -0.39 is 27.8 Å². The van der Waals surface area contributed by atoms with Gasteiger partial charge in [-0.05, 0) is 62.4 Å². The summed E-state index contributed by atoms with van der Waals surface area (Å²) in [5, 5.41) is 13.6. The predicted molar refractivity (Wildman–Crippen MR) is 124 cm³/mol. The molecule has 3 rings (SSSR count). The Morgan fingerprint density at radius 1 is 1.17 bits per heavy atom. The number of thiophene rings is 1. The van der Waals surface area contributed by atoms with Gasteiger partial charge in [0, 0.05) is 33.0 Å². The molecule has 5 nitrogen and oxygen atoms in total. The summed E-state index contributed by atoms with van der Waals surface area (Å²) in [5.41, 5.74) is 1.36. The Bertz CT molecular complexity index is 1030. The maximum Gasteiger partial charge on any atom is 0.138 e. The summed E-state index contributed by atoms with van der Waals surface area (Å²) in [5.74, 6) is 0. The van der Waals surface area contributed by atoms with E-state index in [4.69, 9.17) is 23.2 Å². The van der Waals surface area contributed by atoms with Crippen LogP contribution in [0.3, 0.4) is 0 Å². The van der Waals surface area contributed by atoms with Crippen LogP contribution in [0.15, 0.2) is 48.2 Å². The minimum absolute atomic E-state index is 0.206. The van der Waals surface area contributed by atoms with Gasteiger partial charge in [0.15, 0.2) is 0 Å². The van der Waals surface area contributed by atoms with Crippen molar-refractivity contribution in [3.05, 3.63) is 80.0 Å². The third-order valence-corrected chi connectivity index (χ3v) is 7.95. The minimum Gasteiger partial charge on any atom is -0.598 e. The third kappa shape index (κ3) is 4.99. The monoisotopic (exact) mass is 483 g/mol. The van der Waals surface area contributed by atoms with Crippen molar-refractivity contribution >= 4 is 45.9 Å². The number of rotatable bonds is 6. The molecule has 30 heavy (non-hydrogen) atoms. The Kier molecular flexibility index (Phi) is 7.14. The Morgan fingerprint density at radius 2 is 1.90 bits per heavy atom. The lowest BCUT2D eigenvalue weighted by atomic mass is 9.87. The maximum atomic E-state index is 13.0. The molecule has 2 heterocycles. The van der Waals surface area contributed by atoms with E-state index in [1.54, 1.807) is 6.07 Å². The number of aliphatic hydroxyl groups excluding tert-OH is 1. The average molecular weight is 484 g/mol. The molecule has 0 radical (unpaired) electrons. The van der Waals surface area contributed by atoms with Gasteiger partial charge >= 0.3 is 0 Å². The summed E-state index contributed by atoms with van der Waals surface area (Å²) in [7, 11) is 0. The van der Waals surface area contributed by atoms with Crippen LogP contribution >= 0.6 is 34.5 Å². The van der Waals surface area contributed by atoms with Gasteiger partial charge in [-0.3, -0.25) is 0 Å². The van der Waals surface area contributed by atoms with Crippen molar-refractivity contribution in [1.29, 1.82) is 0 Å². The molecule has 0 aliphatic heterocycles. The highest BCUT2D eigenvalue weighted by molar-refractivity contribution is 7.90. The lowest BCUT2D eigenvalue weighted by molar-refractivity contribution is 0.223. The average Bonchev–Trinajstić information content (AvgIpc) is 3.18. The number of hydrogen-bond acceptors (Lipinski definition) is 6. The molecule has 0 saturated carbocycles.